The first-order chi connectivity index (χ1) is 6.65. The third-order valence-corrected chi connectivity index (χ3v) is 3.77. The Bertz CT molecular complexity index is 181. The number of piperidine rings is 1. The van der Waals surface area contributed by atoms with Crippen LogP contribution in [0.3, 0.4) is 0 Å². The van der Waals surface area contributed by atoms with E-state index in [0.717, 1.165) is 6.42 Å². The van der Waals surface area contributed by atoms with Gasteiger partial charge in [-0.25, -0.2) is 0 Å². The van der Waals surface area contributed by atoms with Crippen molar-refractivity contribution in [3.63, 3.8) is 0 Å². The number of aliphatic hydroxyl groups is 1. The minimum absolute atomic E-state index is 0.0554. The van der Waals surface area contributed by atoms with E-state index in [-0.39, 0.29) is 6.10 Å². The van der Waals surface area contributed by atoms with E-state index in [1.54, 1.807) is 0 Å². The number of fused-ring (bicyclic) bond motifs is 2. The van der Waals surface area contributed by atoms with Crippen LogP contribution in [0, 0.1) is 11.8 Å². The summed E-state index contributed by atoms with van der Waals surface area (Å²) in [6.07, 6.45) is 5.98. The summed E-state index contributed by atoms with van der Waals surface area (Å²) in [5.41, 5.74) is 0. The Balaban J connectivity index is 1.86. The van der Waals surface area contributed by atoms with Crippen LogP contribution in [0.4, 0.5) is 0 Å². The molecule has 2 heteroatoms. The van der Waals surface area contributed by atoms with Crippen molar-refractivity contribution in [3.05, 3.63) is 0 Å². The zero-order valence-corrected chi connectivity index (χ0v) is 9.37. The Hall–Kier alpha value is -0.0800. The molecule has 2 aliphatic rings. The maximum atomic E-state index is 10.1. The van der Waals surface area contributed by atoms with Gasteiger partial charge in [0, 0.05) is 12.1 Å². The first kappa shape index (κ1) is 10.4. The predicted molar refractivity (Wildman–Crippen MR) is 58.1 cm³/mol. The molecule has 0 aliphatic carbocycles. The molecule has 2 aliphatic heterocycles. The minimum Gasteiger partial charge on any atom is -0.393 e. The van der Waals surface area contributed by atoms with E-state index in [1.165, 1.54) is 25.7 Å². The Morgan fingerprint density at radius 3 is 2.29 bits per heavy atom. The number of aliphatic hydroxyl groups excluding tert-OH is 1. The summed E-state index contributed by atoms with van der Waals surface area (Å²) in [5, 5.41) is 13.7. The fourth-order valence-corrected chi connectivity index (χ4v) is 3.09. The van der Waals surface area contributed by atoms with Crippen LogP contribution < -0.4 is 5.32 Å². The van der Waals surface area contributed by atoms with E-state index in [4.69, 9.17) is 0 Å². The quantitative estimate of drug-likeness (QED) is 0.724. The lowest BCUT2D eigenvalue weighted by atomic mass is 9.84. The molecule has 0 saturated carbocycles. The van der Waals surface area contributed by atoms with E-state index in [0.29, 0.717) is 23.9 Å². The highest BCUT2D eigenvalue weighted by molar-refractivity contribution is 4.93. The van der Waals surface area contributed by atoms with Gasteiger partial charge in [0.2, 0.25) is 0 Å². The molecule has 0 aromatic rings. The standard InChI is InChI=1S/C12H23NO/c1-8(2)5-12(14)9-6-10-3-4-11(7-9)13-10/h8-14H,3-7H2,1-2H3. The molecule has 3 atom stereocenters. The molecule has 0 spiro atoms. The van der Waals surface area contributed by atoms with E-state index in [2.05, 4.69) is 19.2 Å². The normalized spacial score (nSPS) is 39.0. The Kier molecular flexibility index (Phi) is 3.13. The zero-order chi connectivity index (χ0) is 10.1. The van der Waals surface area contributed by atoms with Crippen LogP contribution in [0.2, 0.25) is 0 Å². The average molecular weight is 197 g/mol. The Morgan fingerprint density at radius 1 is 1.21 bits per heavy atom. The van der Waals surface area contributed by atoms with Crippen LogP contribution in [0.5, 0.6) is 0 Å². The molecule has 2 rings (SSSR count). The monoisotopic (exact) mass is 197 g/mol. The second kappa shape index (κ2) is 4.19. The maximum absolute atomic E-state index is 10.1. The molecule has 0 amide bonds. The predicted octanol–water partition coefficient (Wildman–Crippen LogP) is 1.92. The molecular formula is C12H23NO. The molecule has 2 heterocycles. The van der Waals surface area contributed by atoms with Crippen molar-refractivity contribution >= 4 is 0 Å². The largest absolute Gasteiger partial charge is 0.393 e. The first-order valence-electron chi connectivity index (χ1n) is 6.09. The molecule has 0 aromatic heterocycles. The van der Waals surface area contributed by atoms with Crippen molar-refractivity contribution in [1.82, 2.24) is 5.32 Å². The van der Waals surface area contributed by atoms with E-state index in [9.17, 15) is 5.11 Å². The summed E-state index contributed by atoms with van der Waals surface area (Å²) in [5.74, 6) is 1.19. The van der Waals surface area contributed by atoms with Crippen molar-refractivity contribution in [2.24, 2.45) is 11.8 Å². The molecule has 3 unspecified atom stereocenters. The number of hydrogen-bond donors (Lipinski definition) is 2. The Labute approximate surface area is 87.1 Å². The van der Waals surface area contributed by atoms with Crippen molar-refractivity contribution < 1.29 is 5.11 Å². The maximum Gasteiger partial charge on any atom is 0.0572 e. The second-order valence-electron chi connectivity index (χ2n) is 5.57. The summed E-state index contributed by atoms with van der Waals surface area (Å²) in [7, 11) is 0. The van der Waals surface area contributed by atoms with Gasteiger partial charge < -0.3 is 10.4 Å². The van der Waals surface area contributed by atoms with Gasteiger partial charge in [0.15, 0.2) is 0 Å². The van der Waals surface area contributed by atoms with Gasteiger partial charge in [-0.05, 0) is 43.9 Å². The lowest BCUT2D eigenvalue weighted by molar-refractivity contribution is 0.0591. The van der Waals surface area contributed by atoms with Crippen LogP contribution >= 0.6 is 0 Å². The van der Waals surface area contributed by atoms with Crippen molar-refractivity contribution in [3.8, 4) is 0 Å². The summed E-state index contributed by atoms with van der Waals surface area (Å²) in [6.45, 7) is 4.39. The molecule has 2 bridgehead atoms. The smallest absolute Gasteiger partial charge is 0.0572 e. The lowest BCUT2D eigenvalue weighted by Gasteiger charge is -2.32. The highest BCUT2D eigenvalue weighted by atomic mass is 16.3. The fourth-order valence-electron chi connectivity index (χ4n) is 3.09. The highest BCUT2D eigenvalue weighted by Crippen LogP contribution is 2.34. The number of rotatable bonds is 3. The Morgan fingerprint density at radius 2 is 1.79 bits per heavy atom. The first-order valence-corrected chi connectivity index (χ1v) is 6.09. The van der Waals surface area contributed by atoms with Gasteiger partial charge in [-0.1, -0.05) is 13.8 Å². The second-order valence-corrected chi connectivity index (χ2v) is 5.57. The van der Waals surface area contributed by atoms with Gasteiger partial charge in [0.05, 0.1) is 6.10 Å². The molecule has 2 N–H and O–H groups in total. The van der Waals surface area contributed by atoms with Gasteiger partial charge >= 0.3 is 0 Å². The third kappa shape index (κ3) is 2.29. The van der Waals surface area contributed by atoms with E-state index < -0.39 is 0 Å². The SMILES string of the molecule is CC(C)CC(O)C1CC2CCC(C1)N2. The fraction of sp³-hybridized carbons (Fsp3) is 1.00. The van der Waals surface area contributed by atoms with Crippen LogP contribution in [0.25, 0.3) is 0 Å². The molecule has 0 aromatic carbocycles. The minimum atomic E-state index is -0.0554. The summed E-state index contributed by atoms with van der Waals surface area (Å²) in [6, 6.07) is 1.42. The molecule has 0 radical (unpaired) electrons. The highest BCUT2D eigenvalue weighted by Gasteiger charge is 2.36. The van der Waals surface area contributed by atoms with Crippen LogP contribution in [0.15, 0.2) is 0 Å². The summed E-state index contributed by atoms with van der Waals surface area (Å²) < 4.78 is 0. The lowest BCUT2D eigenvalue weighted by Crippen LogP contribution is -2.42. The van der Waals surface area contributed by atoms with Gasteiger partial charge in [-0.3, -0.25) is 0 Å². The molecular weight excluding hydrogens is 174 g/mol. The van der Waals surface area contributed by atoms with Crippen LogP contribution in [-0.4, -0.2) is 23.3 Å². The summed E-state index contributed by atoms with van der Waals surface area (Å²) >= 11 is 0. The van der Waals surface area contributed by atoms with E-state index in [1.807, 2.05) is 0 Å². The van der Waals surface area contributed by atoms with Crippen molar-refractivity contribution in [2.45, 2.75) is 64.1 Å². The third-order valence-electron chi connectivity index (χ3n) is 3.77. The molecule has 14 heavy (non-hydrogen) atoms. The zero-order valence-electron chi connectivity index (χ0n) is 9.37. The van der Waals surface area contributed by atoms with E-state index >= 15 is 0 Å². The number of hydrogen-bond acceptors (Lipinski definition) is 2. The average Bonchev–Trinajstić information content (AvgIpc) is 2.44. The van der Waals surface area contributed by atoms with Gasteiger partial charge in [0.25, 0.3) is 0 Å². The van der Waals surface area contributed by atoms with Crippen LogP contribution in [-0.2, 0) is 0 Å². The van der Waals surface area contributed by atoms with Gasteiger partial charge in [-0.15, -0.1) is 0 Å². The molecule has 2 nitrogen and oxygen atoms in total. The molecule has 82 valence electrons. The summed E-state index contributed by atoms with van der Waals surface area (Å²) in [4.78, 5) is 0. The van der Waals surface area contributed by atoms with Gasteiger partial charge in [0.1, 0.15) is 0 Å². The molecule has 2 saturated heterocycles. The van der Waals surface area contributed by atoms with Crippen molar-refractivity contribution in [2.75, 3.05) is 0 Å². The van der Waals surface area contributed by atoms with Crippen molar-refractivity contribution in [1.29, 1.82) is 0 Å². The van der Waals surface area contributed by atoms with Gasteiger partial charge in [-0.2, -0.15) is 0 Å². The molecule has 2 fully saturated rings. The van der Waals surface area contributed by atoms with Crippen LogP contribution in [0.1, 0.15) is 46.0 Å². The topological polar surface area (TPSA) is 32.3 Å². The number of nitrogens with one attached hydrogen (secondary N) is 1.